The van der Waals surface area contributed by atoms with Gasteiger partial charge in [-0.2, -0.15) is 0 Å². The fourth-order valence-electron chi connectivity index (χ4n) is 6.54. The highest BCUT2D eigenvalue weighted by Gasteiger charge is 2.28. The van der Waals surface area contributed by atoms with Crippen molar-refractivity contribution in [2.75, 3.05) is 31.5 Å². The molecule has 2 aromatic carbocycles. The van der Waals surface area contributed by atoms with Crippen molar-refractivity contribution in [3.63, 3.8) is 0 Å². The van der Waals surface area contributed by atoms with Crippen molar-refractivity contribution in [3.8, 4) is 0 Å². The molecule has 15 heteroatoms. The molecule has 0 bridgehead atoms. The molecule has 4 heterocycles. The Labute approximate surface area is 330 Å². The van der Waals surface area contributed by atoms with Crippen LogP contribution in [0.15, 0.2) is 107 Å². The van der Waals surface area contributed by atoms with E-state index in [2.05, 4.69) is 5.32 Å². The SMILES string of the molecule is CC(C)(C)OC(=O)Nc1cccn(C2CCN(C(=O)OCc3ccccc3)CC2)c1=O.O=C(O)c1cccn(C2CCN(C(=O)OCc3ccccc3)CC2)c1=O. The number of ether oxygens (including phenoxy) is 3. The molecule has 0 saturated carbocycles. The Morgan fingerprint density at radius 2 is 1.09 bits per heavy atom. The Hall–Kier alpha value is -6.38. The Morgan fingerprint density at radius 3 is 1.53 bits per heavy atom. The molecule has 15 nitrogen and oxygen atoms in total. The molecule has 2 fully saturated rings. The van der Waals surface area contributed by atoms with Crippen LogP contribution >= 0.6 is 0 Å². The molecule has 2 aliphatic rings. The van der Waals surface area contributed by atoms with Crippen LogP contribution in [0.2, 0.25) is 0 Å². The molecule has 2 saturated heterocycles. The molecule has 0 spiro atoms. The molecule has 0 atom stereocenters. The number of anilines is 1. The van der Waals surface area contributed by atoms with E-state index in [1.54, 1.807) is 65.7 Å². The number of amides is 3. The molecular weight excluding hydrogens is 734 g/mol. The van der Waals surface area contributed by atoms with Crippen molar-refractivity contribution < 1.29 is 38.5 Å². The Morgan fingerprint density at radius 1 is 0.649 bits per heavy atom. The van der Waals surface area contributed by atoms with E-state index in [1.165, 1.54) is 10.6 Å². The highest BCUT2D eigenvalue weighted by Crippen LogP contribution is 2.24. The van der Waals surface area contributed by atoms with E-state index >= 15 is 0 Å². The third-order valence-electron chi connectivity index (χ3n) is 9.46. The number of carbonyl (C=O) groups is 4. The fraction of sp³-hybridized carbons (Fsp3) is 0.381. The average molecular weight is 784 g/mol. The number of aromatic carboxylic acids is 1. The first-order chi connectivity index (χ1) is 27.3. The van der Waals surface area contributed by atoms with Crippen LogP contribution in [-0.4, -0.2) is 80.1 Å². The van der Waals surface area contributed by atoms with Crippen LogP contribution in [-0.2, 0) is 27.4 Å². The molecular formula is C42H49N5O10. The number of nitrogens with one attached hydrogen (secondary N) is 1. The van der Waals surface area contributed by atoms with E-state index in [-0.39, 0.29) is 54.3 Å². The first kappa shape index (κ1) is 41.8. The fourth-order valence-corrected chi connectivity index (χ4v) is 6.54. The van der Waals surface area contributed by atoms with Gasteiger partial charge in [0, 0.05) is 50.7 Å². The maximum absolute atomic E-state index is 12.8. The van der Waals surface area contributed by atoms with Gasteiger partial charge in [-0.3, -0.25) is 14.9 Å². The number of pyridine rings is 2. The Kier molecular flexibility index (Phi) is 14.3. The smallest absolute Gasteiger partial charge is 0.412 e. The van der Waals surface area contributed by atoms with Gasteiger partial charge >= 0.3 is 24.2 Å². The van der Waals surface area contributed by atoms with Crippen LogP contribution in [0.5, 0.6) is 0 Å². The number of piperidine rings is 2. The lowest BCUT2D eigenvalue weighted by atomic mass is 10.0. The number of hydrogen-bond acceptors (Lipinski definition) is 9. The minimum atomic E-state index is -1.23. The van der Waals surface area contributed by atoms with Gasteiger partial charge in [-0.25, -0.2) is 19.2 Å². The molecule has 6 rings (SSSR count). The van der Waals surface area contributed by atoms with E-state index < -0.39 is 23.2 Å². The molecule has 0 unspecified atom stereocenters. The van der Waals surface area contributed by atoms with Crippen LogP contribution in [0.4, 0.5) is 20.1 Å². The summed E-state index contributed by atoms with van der Waals surface area (Å²) >= 11 is 0. The van der Waals surface area contributed by atoms with Crippen molar-refractivity contribution in [1.29, 1.82) is 0 Å². The summed E-state index contributed by atoms with van der Waals surface area (Å²) in [6.07, 6.45) is 4.30. The summed E-state index contributed by atoms with van der Waals surface area (Å²) in [5.74, 6) is -1.23. The number of aromatic nitrogens is 2. The molecule has 302 valence electrons. The highest BCUT2D eigenvalue weighted by atomic mass is 16.6. The number of benzene rings is 2. The quantitative estimate of drug-likeness (QED) is 0.183. The third kappa shape index (κ3) is 12.1. The summed E-state index contributed by atoms with van der Waals surface area (Å²) in [7, 11) is 0. The standard InChI is InChI=1S/C23H29N3O5.C19H20N2O5/c1-23(2,3)31-21(28)24-19-10-7-13-26(20(19)27)18-11-14-25(15-12-18)22(29)30-16-17-8-5-4-6-9-17;22-17-16(18(23)24)7-4-10-21(17)15-8-11-20(12-9-15)19(25)26-13-14-5-2-1-3-6-14/h4-10,13,18H,11-12,14-16H2,1-3H3,(H,24,28);1-7,10,15H,8-9,11-13H2,(H,23,24). The second-order valence-electron chi connectivity index (χ2n) is 14.7. The molecule has 3 amide bonds. The van der Waals surface area contributed by atoms with Gasteiger partial charge in [-0.05, 0) is 81.8 Å². The van der Waals surface area contributed by atoms with E-state index in [4.69, 9.17) is 19.3 Å². The van der Waals surface area contributed by atoms with Gasteiger partial charge in [0.1, 0.15) is 30.1 Å². The number of carboxylic acid groups (broad SMARTS) is 1. The first-order valence-electron chi connectivity index (χ1n) is 18.9. The summed E-state index contributed by atoms with van der Waals surface area (Å²) in [6, 6.07) is 24.9. The second-order valence-corrected chi connectivity index (χ2v) is 14.7. The zero-order chi connectivity index (χ0) is 41.0. The number of carboxylic acids is 1. The second kappa shape index (κ2) is 19.5. The van der Waals surface area contributed by atoms with Gasteiger partial charge in [-0.1, -0.05) is 60.7 Å². The number of hydrogen-bond donors (Lipinski definition) is 2. The summed E-state index contributed by atoms with van der Waals surface area (Å²) in [5.41, 5.74) is 0.335. The number of rotatable bonds is 8. The molecule has 2 aliphatic heterocycles. The van der Waals surface area contributed by atoms with Crippen molar-refractivity contribution in [2.45, 2.75) is 77.4 Å². The van der Waals surface area contributed by atoms with Gasteiger partial charge in [0.05, 0.1) is 0 Å². The van der Waals surface area contributed by atoms with E-state index in [1.807, 2.05) is 60.7 Å². The molecule has 2 aromatic heterocycles. The van der Waals surface area contributed by atoms with Gasteiger partial charge in [0.15, 0.2) is 0 Å². The van der Waals surface area contributed by atoms with Gasteiger partial charge < -0.3 is 38.3 Å². The number of carbonyl (C=O) groups excluding carboxylic acids is 3. The monoisotopic (exact) mass is 783 g/mol. The van der Waals surface area contributed by atoms with E-state index in [0.29, 0.717) is 51.9 Å². The Balaban J connectivity index is 0.000000221. The highest BCUT2D eigenvalue weighted by molar-refractivity contribution is 5.87. The summed E-state index contributed by atoms with van der Waals surface area (Å²) in [6.45, 7) is 7.64. The van der Waals surface area contributed by atoms with Crippen molar-refractivity contribution in [1.82, 2.24) is 18.9 Å². The predicted molar refractivity (Wildman–Crippen MR) is 211 cm³/mol. The van der Waals surface area contributed by atoms with Crippen LogP contribution in [0.1, 0.15) is 80.0 Å². The topological polar surface area (TPSA) is 179 Å². The van der Waals surface area contributed by atoms with Gasteiger partial charge in [0.25, 0.3) is 11.1 Å². The van der Waals surface area contributed by atoms with Gasteiger partial charge in [0.2, 0.25) is 0 Å². The normalized spacial score (nSPS) is 14.8. The zero-order valence-electron chi connectivity index (χ0n) is 32.4. The minimum Gasteiger partial charge on any atom is -0.477 e. The van der Waals surface area contributed by atoms with Crippen molar-refractivity contribution in [3.05, 3.63) is 135 Å². The van der Waals surface area contributed by atoms with Crippen molar-refractivity contribution >= 4 is 29.9 Å². The lowest BCUT2D eigenvalue weighted by Gasteiger charge is -2.32. The number of likely N-dealkylation sites (tertiary alicyclic amines) is 2. The van der Waals surface area contributed by atoms with Crippen LogP contribution in [0.3, 0.4) is 0 Å². The Bertz CT molecular complexity index is 2100. The van der Waals surface area contributed by atoms with Crippen molar-refractivity contribution in [2.24, 2.45) is 0 Å². The summed E-state index contributed by atoms with van der Waals surface area (Å²) in [4.78, 5) is 76.0. The summed E-state index contributed by atoms with van der Waals surface area (Å²) in [5, 5.41) is 11.6. The summed E-state index contributed by atoms with van der Waals surface area (Å²) < 4.78 is 19.0. The van der Waals surface area contributed by atoms with E-state index in [9.17, 15) is 28.8 Å². The maximum Gasteiger partial charge on any atom is 0.412 e. The maximum atomic E-state index is 12.8. The molecule has 57 heavy (non-hydrogen) atoms. The molecule has 4 aromatic rings. The largest absolute Gasteiger partial charge is 0.477 e. The predicted octanol–water partition coefficient (Wildman–Crippen LogP) is 6.69. The lowest BCUT2D eigenvalue weighted by Crippen LogP contribution is -2.41. The average Bonchev–Trinajstić information content (AvgIpc) is 3.20. The van der Waals surface area contributed by atoms with Crippen LogP contribution in [0.25, 0.3) is 0 Å². The van der Waals surface area contributed by atoms with Crippen LogP contribution < -0.4 is 16.4 Å². The minimum absolute atomic E-state index is 0.0638. The third-order valence-corrected chi connectivity index (χ3v) is 9.46. The molecule has 0 radical (unpaired) electrons. The number of nitrogens with zero attached hydrogens (tertiary/aromatic N) is 4. The zero-order valence-corrected chi connectivity index (χ0v) is 32.4. The molecule has 0 aliphatic carbocycles. The van der Waals surface area contributed by atoms with Gasteiger partial charge in [-0.15, -0.1) is 0 Å². The van der Waals surface area contributed by atoms with Crippen LogP contribution in [0, 0.1) is 0 Å². The lowest BCUT2D eigenvalue weighted by molar-refractivity contribution is 0.0632. The molecule has 2 N–H and O–H groups in total. The first-order valence-corrected chi connectivity index (χ1v) is 18.9. The van der Waals surface area contributed by atoms with E-state index in [0.717, 1.165) is 11.1 Å².